The van der Waals surface area contributed by atoms with E-state index in [1.807, 2.05) is 0 Å². The lowest BCUT2D eigenvalue weighted by Gasteiger charge is -2.35. The van der Waals surface area contributed by atoms with E-state index in [9.17, 15) is 19.5 Å². The number of rotatable bonds is 3. The SMILES string of the molecule is CC(C)(C)OC(=O)N1C(C[C@@H]2CCNC2=O)C(C(=O)O)OC1(C)C. The molecule has 0 saturated carbocycles. The van der Waals surface area contributed by atoms with Crippen LogP contribution in [0.2, 0.25) is 0 Å². The highest BCUT2D eigenvalue weighted by Gasteiger charge is 2.54. The number of carbonyl (C=O) groups is 3. The predicted octanol–water partition coefficient (Wildman–Crippen LogP) is 1.34. The average Bonchev–Trinajstić information content (AvgIpc) is 2.89. The number of ether oxygens (including phenoxy) is 2. The topological polar surface area (TPSA) is 105 Å². The molecule has 2 heterocycles. The van der Waals surface area contributed by atoms with E-state index in [2.05, 4.69) is 5.32 Å². The molecular formula is C16H26N2O6. The van der Waals surface area contributed by atoms with Gasteiger partial charge < -0.3 is 19.9 Å². The molecule has 136 valence electrons. The Morgan fingerprint density at radius 1 is 1.42 bits per heavy atom. The van der Waals surface area contributed by atoms with E-state index in [4.69, 9.17) is 9.47 Å². The molecule has 2 aliphatic rings. The van der Waals surface area contributed by atoms with E-state index in [0.29, 0.717) is 13.0 Å². The van der Waals surface area contributed by atoms with Gasteiger partial charge in [0.05, 0.1) is 6.04 Å². The Morgan fingerprint density at radius 2 is 2.04 bits per heavy atom. The van der Waals surface area contributed by atoms with Crippen LogP contribution in [-0.4, -0.2) is 58.0 Å². The van der Waals surface area contributed by atoms with Crippen LogP contribution in [0, 0.1) is 5.92 Å². The minimum atomic E-state index is -1.19. The van der Waals surface area contributed by atoms with Crippen LogP contribution in [0.3, 0.4) is 0 Å². The summed E-state index contributed by atoms with van der Waals surface area (Å²) in [6, 6.07) is -0.763. The lowest BCUT2D eigenvalue weighted by molar-refractivity contribution is -0.155. The van der Waals surface area contributed by atoms with E-state index in [0.717, 1.165) is 0 Å². The summed E-state index contributed by atoms with van der Waals surface area (Å²) in [4.78, 5) is 37.4. The molecule has 2 saturated heterocycles. The lowest BCUT2D eigenvalue weighted by Crippen LogP contribution is -2.51. The molecule has 0 aromatic heterocycles. The second kappa shape index (κ2) is 6.23. The monoisotopic (exact) mass is 342 g/mol. The fourth-order valence-electron chi connectivity index (χ4n) is 3.25. The number of hydrogen-bond donors (Lipinski definition) is 2. The van der Waals surface area contributed by atoms with Crippen LogP contribution in [0.25, 0.3) is 0 Å². The zero-order valence-corrected chi connectivity index (χ0v) is 14.8. The third-order valence-corrected chi connectivity index (χ3v) is 4.20. The number of carboxylic acid groups (broad SMARTS) is 1. The highest BCUT2D eigenvalue weighted by molar-refractivity contribution is 5.81. The fraction of sp³-hybridized carbons (Fsp3) is 0.812. The smallest absolute Gasteiger partial charge is 0.412 e. The van der Waals surface area contributed by atoms with Gasteiger partial charge in [-0.05, 0) is 47.5 Å². The molecule has 24 heavy (non-hydrogen) atoms. The Kier molecular flexibility index (Phi) is 4.81. The maximum atomic E-state index is 12.6. The zero-order chi connectivity index (χ0) is 18.3. The van der Waals surface area contributed by atoms with Crippen molar-refractivity contribution in [3.8, 4) is 0 Å². The van der Waals surface area contributed by atoms with E-state index >= 15 is 0 Å². The maximum absolute atomic E-state index is 12.6. The van der Waals surface area contributed by atoms with E-state index in [-0.39, 0.29) is 18.2 Å². The van der Waals surface area contributed by atoms with Crippen molar-refractivity contribution in [2.24, 2.45) is 5.92 Å². The summed E-state index contributed by atoms with van der Waals surface area (Å²) in [5.74, 6) is -1.61. The Morgan fingerprint density at radius 3 is 2.50 bits per heavy atom. The largest absolute Gasteiger partial charge is 0.479 e. The fourth-order valence-corrected chi connectivity index (χ4v) is 3.25. The Labute approximate surface area is 141 Å². The highest BCUT2D eigenvalue weighted by Crippen LogP contribution is 2.37. The first-order valence-corrected chi connectivity index (χ1v) is 8.13. The van der Waals surface area contributed by atoms with Gasteiger partial charge >= 0.3 is 12.1 Å². The second-order valence-electron chi connectivity index (χ2n) is 7.75. The summed E-state index contributed by atoms with van der Waals surface area (Å²) >= 11 is 0. The third kappa shape index (κ3) is 3.80. The summed E-state index contributed by atoms with van der Waals surface area (Å²) in [5.41, 5.74) is -1.85. The minimum Gasteiger partial charge on any atom is -0.479 e. The molecule has 0 spiro atoms. The summed E-state index contributed by atoms with van der Waals surface area (Å²) in [7, 11) is 0. The molecule has 0 bridgehead atoms. The van der Waals surface area contributed by atoms with E-state index in [1.165, 1.54) is 4.90 Å². The lowest BCUT2D eigenvalue weighted by atomic mass is 9.94. The molecule has 0 aliphatic carbocycles. The van der Waals surface area contributed by atoms with Gasteiger partial charge in [-0.25, -0.2) is 9.59 Å². The summed E-state index contributed by atoms with van der Waals surface area (Å²) in [6.07, 6.45) is -0.990. The number of carbonyl (C=O) groups excluding carboxylic acids is 2. The quantitative estimate of drug-likeness (QED) is 0.802. The van der Waals surface area contributed by atoms with Crippen LogP contribution in [0.1, 0.15) is 47.5 Å². The molecule has 2 amide bonds. The van der Waals surface area contributed by atoms with Crippen molar-refractivity contribution in [2.45, 2.75) is 70.9 Å². The van der Waals surface area contributed by atoms with Crippen molar-refractivity contribution in [3.05, 3.63) is 0 Å². The first kappa shape index (κ1) is 18.5. The van der Waals surface area contributed by atoms with E-state index < -0.39 is 35.5 Å². The number of aliphatic carboxylic acids is 1. The second-order valence-corrected chi connectivity index (χ2v) is 7.75. The van der Waals surface area contributed by atoms with Gasteiger partial charge in [0, 0.05) is 12.5 Å². The van der Waals surface area contributed by atoms with E-state index in [1.54, 1.807) is 34.6 Å². The molecule has 0 aromatic carbocycles. The predicted molar refractivity (Wildman–Crippen MR) is 84.2 cm³/mol. The number of hydrogen-bond acceptors (Lipinski definition) is 5. The molecule has 0 aromatic rings. The first-order chi connectivity index (χ1) is 10.9. The summed E-state index contributed by atoms with van der Waals surface area (Å²) < 4.78 is 11.0. The first-order valence-electron chi connectivity index (χ1n) is 8.13. The van der Waals surface area contributed by atoms with Gasteiger partial charge in [-0.2, -0.15) is 0 Å². The van der Waals surface area contributed by atoms with Gasteiger partial charge in [-0.15, -0.1) is 0 Å². The molecule has 2 fully saturated rings. The molecule has 2 N–H and O–H groups in total. The molecular weight excluding hydrogens is 316 g/mol. The van der Waals surface area contributed by atoms with Crippen molar-refractivity contribution in [1.29, 1.82) is 0 Å². The number of nitrogens with one attached hydrogen (secondary N) is 1. The summed E-state index contributed by atoms with van der Waals surface area (Å²) in [6.45, 7) is 9.03. The molecule has 8 nitrogen and oxygen atoms in total. The third-order valence-electron chi connectivity index (χ3n) is 4.20. The average molecular weight is 342 g/mol. The van der Waals surface area contributed by atoms with Crippen LogP contribution >= 0.6 is 0 Å². The van der Waals surface area contributed by atoms with Crippen LogP contribution in [0.5, 0.6) is 0 Å². The number of nitrogens with zero attached hydrogens (tertiary/aromatic N) is 1. The van der Waals surface area contributed by atoms with Crippen LogP contribution in [0.15, 0.2) is 0 Å². The van der Waals surface area contributed by atoms with Crippen molar-refractivity contribution in [1.82, 2.24) is 10.2 Å². The number of carboxylic acids is 1. The van der Waals surface area contributed by atoms with Crippen molar-refractivity contribution in [3.63, 3.8) is 0 Å². The number of amides is 2. The molecule has 8 heteroatoms. The van der Waals surface area contributed by atoms with Gasteiger partial charge in [0.2, 0.25) is 5.91 Å². The Balaban J connectivity index is 2.29. The van der Waals surface area contributed by atoms with Crippen molar-refractivity contribution >= 4 is 18.0 Å². The van der Waals surface area contributed by atoms with Crippen LogP contribution < -0.4 is 5.32 Å². The van der Waals surface area contributed by atoms with Crippen LogP contribution in [-0.2, 0) is 19.1 Å². The molecule has 2 aliphatic heterocycles. The zero-order valence-electron chi connectivity index (χ0n) is 14.8. The normalized spacial score (nSPS) is 29.5. The highest BCUT2D eigenvalue weighted by atomic mass is 16.6. The Bertz CT molecular complexity index is 539. The maximum Gasteiger partial charge on any atom is 0.412 e. The van der Waals surface area contributed by atoms with Gasteiger partial charge in [0.25, 0.3) is 0 Å². The molecule has 3 atom stereocenters. The molecule has 2 rings (SSSR count). The molecule has 0 radical (unpaired) electrons. The van der Waals surface area contributed by atoms with Gasteiger partial charge in [-0.3, -0.25) is 9.69 Å². The van der Waals surface area contributed by atoms with Crippen molar-refractivity contribution in [2.75, 3.05) is 6.54 Å². The van der Waals surface area contributed by atoms with Gasteiger partial charge in [0.1, 0.15) is 11.3 Å². The summed E-state index contributed by atoms with van der Waals surface area (Å²) in [5, 5.41) is 12.2. The standard InChI is InChI=1S/C16H26N2O6/c1-15(2,3)24-14(22)18-10(8-9-6-7-17-12(9)19)11(13(20)21)23-16(18,4)5/h9-11H,6-8H2,1-5H3,(H,17,19)(H,20,21)/t9-,10?,11?/m0/s1. The van der Waals surface area contributed by atoms with Crippen molar-refractivity contribution < 1.29 is 29.0 Å². The molecule has 2 unspecified atom stereocenters. The Hall–Kier alpha value is -1.83. The van der Waals surface area contributed by atoms with Crippen LogP contribution in [0.4, 0.5) is 4.79 Å². The van der Waals surface area contributed by atoms with Gasteiger partial charge in [0.15, 0.2) is 6.10 Å². The minimum absolute atomic E-state index is 0.118. The van der Waals surface area contributed by atoms with Gasteiger partial charge in [-0.1, -0.05) is 0 Å².